The Morgan fingerprint density at radius 2 is 2.00 bits per heavy atom. The van der Waals surface area contributed by atoms with Gasteiger partial charge < -0.3 is 15.1 Å². The summed E-state index contributed by atoms with van der Waals surface area (Å²) in [6.45, 7) is 9.82. The van der Waals surface area contributed by atoms with Crippen molar-refractivity contribution in [3.05, 3.63) is 35.1 Å². The van der Waals surface area contributed by atoms with E-state index in [1.807, 2.05) is 19.9 Å². The third-order valence-corrected chi connectivity index (χ3v) is 7.60. The fourth-order valence-corrected chi connectivity index (χ4v) is 6.13. The highest BCUT2D eigenvalue weighted by Gasteiger charge is 2.55. The maximum atomic E-state index is 13.1. The average Bonchev–Trinajstić information content (AvgIpc) is 2.86. The summed E-state index contributed by atoms with van der Waals surface area (Å²) in [5, 5.41) is 21.6. The van der Waals surface area contributed by atoms with E-state index in [1.54, 1.807) is 0 Å². The molecule has 29 heavy (non-hydrogen) atoms. The quantitative estimate of drug-likeness (QED) is 0.326. The summed E-state index contributed by atoms with van der Waals surface area (Å²) in [6.07, 6.45) is 8.50. The van der Waals surface area contributed by atoms with Gasteiger partial charge in [-0.05, 0) is 51.4 Å². The van der Waals surface area contributed by atoms with Gasteiger partial charge in [0.25, 0.3) is 5.91 Å². The van der Waals surface area contributed by atoms with Gasteiger partial charge in [-0.15, -0.1) is 0 Å². The number of aliphatic hydroxyl groups excluding tert-OH is 2. The topological polar surface area (TPSA) is 77.8 Å². The Morgan fingerprint density at radius 3 is 2.55 bits per heavy atom. The first-order valence-corrected chi connectivity index (χ1v) is 10.8. The number of likely N-dealkylation sites (tertiary alicyclic amines) is 1. The number of carbonyl (C=O) groups is 2. The molecule has 5 heteroatoms. The van der Waals surface area contributed by atoms with Gasteiger partial charge in [-0.25, -0.2) is 0 Å². The highest BCUT2D eigenvalue weighted by Crippen LogP contribution is 2.58. The first kappa shape index (κ1) is 21.8. The molecule has 2 N–H and O–H groups in total. The van der Waals surface area contributed by atoms with Gasteiger partial charge in [-0.1, -0.05) is 44.1 Å². The summed E-state index contributed by atoms with van der Waals surface area (Å²) in [4.78, 5) is 27.3. The van der Waals surface area contributed by atoms with E-state index in [0.717, 1.165) is 19.3 Å². The highest BCUT2D eigenvalue weighted by atomic mass is 16.3. The van der Waals surface area contributed by atoms with Crippen LogP contribution >= 0.6 is 0 Å². The summed E-state index contributed by atoms with van der Waals surface area (Å²) in [5.41, 5.74) is 0.305. The number of hydrogen-bond donors (Lipinski definition) is 2. The predicted octanol–water partition coefficient (Wildman–Crippen LogP) is 3.80. The second kappa shape index (κ2) is 7.75. The minimum absolute atomic E-state index is 0.0776. The fourth-order valence-electron chi connectivity index (χ4n) is 6.13. The molecule has 2 fully saturated rings. The number of aliphatic hydroxyl groups is 2. The lowest BCUT2D eigenvalue weighted by atomic mass is 9.52. The molecule has 0 aromatic rings. The normalized spacial score (nSPS) is 40.9. The lowest BCUT2D eigenvalue weighted by molar-refractivity contribution is -0.128. The molecule has 3 aliphatic rings. The molecule has 0 aromatic heterocycles. The van der Waals surface area contributed by atoms with Crippen molar-refractivity contribution in [2.24, 2.45) is 29.1 Å². The number of amides is 1. The summed E-state index contributed by atoms with van der Waals surface area (Å²) >= 11 is 0. The van der Waals surface area contributed by atoms with Crippen LogP contribution in [0.4, 0.5) is 0 Å². The third-order valence-electron chi connectivity index (χ3n) is 7.60. The van der Waals surface area contributed by atoms with E-state index in [0.29, 0.717) is 11.8 Å². The van der Waals surface area contributed by atoms with E-state index < -0.39 is 29.3 Å². The van der Waals surface area contributed by atoms with Gasteiger partial charge in [0.1, 0.15) is 17.4 Å². The van der Waals surface area contributed by atoms with Gasteiger partial charge in [0, 0.05) is 18.4 Å². The smallest absolute Gasteiger partial charge is 0.261 e. The zero-order valence-corrected chi connectivity index (χ0v) is 18.5. The molecular formula is C24H35NO4. The Kier molecular flexibility index (Phi) is 5.83. The Morgan fingerprint density at radius 1 is 1.34 bits per heavy atom. The first-order chi connectivity index (χ1) is 13.5. The van der Waals surface area contributed by atoms with Crippen LogP contribution in [-0.4, -0.2) is 46.0 Å². The lowest BCUT2D eigenvalue weighted by Crippen LogP contribution is -2.46. The molecule has 1 saturated heterocycles. The van der Waals surface area contributed by atoms with Crippen LogP contribution in [0.15, 0.2) is 35.1 Å². The van der Waals surface area contributed by atoms with Crippen molar-refractivity contribution in [3.8, 4) is 0 Å². The van der Waals surface area contributed by atoms with Crippen molar-refractivity contribution in [3.63, 3.8) is 0 Å². The van der Waals surface area contributed by atoms with Crippen LogP contribution in [-0.2, 0) is 9.59 Å². The molecule has 0 radical (unpaired) electrons. The molecule has 7 atom stereocenters. The number of hydrogen-bond acceptors (Lipinski definition) is 4. The molecule has 0 aromatic carbocycles. The molecule has 0 spiro atoms. The van der Waals surface area contributed by atoms with E-state index in [-0.39, 0.29) is 23.2 Å². The number of Topliss-reactive ketones (excluding diaryl/α,β-unsaturated/α-hetero) is 1. The minimum Gasteiger partial charge on any atom is -0.511 e. The highest BCUT2D eigenvalue weighted by molar-refractivity contribution is 6.27. The standard InChI is InChI=1S/C24H35NO4/c1-7-8-17-14(3)12-16-11-13(2)9-10-18(16)24(17,5)22(28)19-21(27)20(15(4)26)25(6)23(19)29/h7-8,12-13,15-18,20,26,28H,9-11H2,1-6H3/b8-7+,22-19+/t13-,15-,16+,17-,18-,20+,24-/m1/s1. The third kappa shape index (κ3) is 3.27. The molecular weight excluding hydrogens is 366 g/mol. The van der Waals surface area contributed by atoms with Crippen LogP contribution in [0.25, 0.3) is 0 Å². The Hall–Kier alpha value is -1.88. The molecule has 0 unspecified atom stereocenters. The SMILES string of the molecule is C/C=C/[C@@H]1C(C)=C[C@@H]2C[C@H](C)CC[C@H]2[C@]1(C)/C(O)=C1/C(=O)[C@H]([C@@H](C)O)N(C)C1=O. The van der Waals surface area contributed by atoms with Crippen molar-refractivity contribution in [1.82, 2.24) is 4.90 Å². The van der Waals surface area contributed by atoms with Crippen LogP contribution in [0, 0.1) is 29.1 Å². The van der Waals surface area contributed by atoms with Gasteiger partial charge >= 0.3 is 0 Å². The van der Waals surface area contributed by atoms with E-state index in [9.17, 15) is 19.8 Å². The fraction of sp³-hybridized carbons (Fsp3) is 0.667. The number of allylic oxidation sites excluding steroid dienone is 5. The predicted molar refractivity (Wildman–Crippen MR) is 113 cm³/mol. The maximum Gasteiger partial charge on any atom is 0.261 e. The number of carbonyl (C=O) groups excluding carboxylic acids is 2. The van der Waals surface area contributed by atoms with Crippen molar-refractivity contribution in [2.75, 3.05) is 7.05 Å². The van der Waals surface area contributed by atoms with E-state index >= 15 is 0 Å². The molecule has 5 nitrogen and oxygen atoms in total. The zero-order chi connectivity index (χ0) is 21.7. The Balaban J connectivity index is 2.19. The van der Waals surface area contributed by atoms with Gasteiger partial charge in [-0.3, -0.25) is 9.59 Å². The second-order valence-corrected chi connectivity index (χ2v) is 9.57. The Labute approximate surface area is 174 Å². The van der Waals surface area contributed by atoms with Crippen LogP contribution in [0.3, 0.4) is 0 Å². The molecule has 160 valence electrons. The summed E-state index contributed by atoms with van der Waals surface area (Å²) in [7, 11) is 1.51. The Bertz CT molecular complexity index is 793. The van der Waals surface area contributed by atoms with Crippen LogP contribution in [0.1, 0.15) is 53.9 Å². The van der Waals surface area contributed by atoms with Gasteiger partial charge in [0.05, 0.1) is 6.10 Å². The van der Waals surface area contributed by atoms with Crippen LogP contribution in [0.5, 0.6) is 0 Å². The van der Waals surface area contributed by atoms with E-state index in [4.69, 9.17) is 0 Å². The molecule has 1 amide bonds. The number of likely N-dealkylation sites (N-methyl/N-ethyl adjacent to an activating group) is 1. The van der Waals surface area contributed by atoms with Crippen molar-refractivity contribution in [1.29, 1.82) is 0 Å². The monoisotopic (exact) mass is 401 g/mol. The van der Waals surface area contributed by atoms with E-state index in [2.05, 4.69) is 26.0 Å². The van der Waals surface area contributed by atoms with Gasteiger partial charge in [0.2, 0.25) is 0 Å². The average molecular weight is 402 g/mol. The van der Waals surface area contributed by atoms with Crippen molar-refractivity contribution < 1.29 is 19.8 Å². The van der Waals surface area contributed by atoms with E-state index in [1.165, 1.54) is 24.4 Å². The summed E-state index contributed by atoms with van der Waals surface area (Å²) in [5.74, 6) is -0.0328. The molecule has 1 saturated carbocycles. The number of rotatable bonds is 3. The number of fused-ring (bicyclic) bond motifs is 1. The molecule has 2 aliphatic carbocycles. The number of ketones is 1. The first-order valence-electron chi connectivity index (χ1n) is 10.8. The minimum atomic E-state index is -0.989. The second-order valence-electron chi connectivity index (χ2n) is 9.57. The van der Waals surface area contributed by atoms with Gasteiger partial charge in [0.15, 0.2) is 5.78 Å². The van der Waals surface area contributed by atoms with Crippen molar-refractivity contribution >= 4 is 11.7 Å². The molecule has 3 rings (SSSR count). The lowest BCUT2D eigenvalue weighted by Gasteiger charge is -2.52. The zero-order valence-electron chi connectivity index (χ0n) is 18.5. The molecule has 1 aliphatic heterocycles. The van der Waals surface area contributed by atoms with Crippen LogP contribution in [0.2, 0.25) is 0 Å². The summed E-state index contributed by atoms with van der Waals surface area (Å²) < 4.78 is 0. The molecule has 0 bridgehead atoms. The van der Waals surface area contributed by atoms with Crippen LogP contribution < -0.4 is 0 Å². The summed E-state index contributed by atoms with van der Waals surface area (Å²) in [6, 6.07) is -0.939. The maximum absolute atomic E-state index is 13.1. The van der Waals surface area contributed by atoms with Gasteiger partial charge in [-0.2, -0.15) is 0 Å². The molecule has 1 heterocycles. The largest absolute Gasteiger partial charge is 0.511 e. The van der Waals surface area contributed by atoms with Crippen molar-refractivity contribution in [2.45, 2.75) is 66.0 Å². The number of nitrogens with zero attached hydrogens (tertiary/aromatic N) is 1.